The van der Waals surface area contributed by atoms with Crippen LogP contribution in [0.1, 0.15) is 31.5 Å². The van der Waals surface area contributed by atoms with Crippen molar-refractivity contribution in [3.8, 4) is 0 Å². The van der Waals surface area contributed by atoms with Crippen LogP contribution < -0.4 is 5.69 Å². The first kappa shape index (κ1) is 10.7. The van der Waals surface area contributed by atoms with Gasteiger partial charge in [-0.3, -0.25) is 4.57 Å². The lowest BCUT2D eigenvalue weighted by Gasteiger charge is -1.95. The molecule has 0 aromatic carbocycles. The van der Waals surface area contributed by atoms with E-state index in [1.165, 1.54) is 9.13 Å². The molecule has 0 unspecified atom stereocenters. The summed E-state index contributed by atoms with van der Waals surface area (Å²) in [6, 6.07) is 0. The minimum absolute atomic E-state index is 0.0932. The van der Waals surface area contributed by atoms with Gasteiger partial charge in [-0.15, -0.1) is 0 Å². The minimum Gasteiger partial charge on any atom is -0.337 e. The Labute approximate surface area is 92.5 Å². The molecule has 0 fully saturated rings. The van der Waals surface area contributed by atoms with Gasteiger partial charge >= 0.3 is 5.69 Å². The fourth-order valence-electron chi connectivity index (χ4n) is 1.34. The fraction of sp³-hybridized carbons (Fsp3) is 0.500. The molecule has 6 heteroatoms. The maximum atomic E-state index is 11.5. The number of aromatic nitrogens is 4. The van der Waals surface area contributed by atoms with Crippen LogP contribution >= 0.6 is 0 Å². The molecule has 0 saturated carbocycles. The second-order valence-corrected chi connectivity index (χ2v) is 4.02. The lowest BCUT2D eigenvalue weighted by Crippen LogP contribution is -2.22. The topological polar surface area (TPSA) is 65.8 Å². The van der Waals surface area contributed by atoms with E-state index in [4.69, 9.17) is 4.52 Å². The van der Waals surface area contributed by atoms with Crippen LogP contribution in [0.3, 0.4) is 0 Å². The van der Waals surface area contributed by atoms with E-state index < -0.39 is 0 Å². The molecule has 0 spiro atoms. The van der Waals surface area contributed by atoms with Gasteiger partial charge in [-0.1, -0.05) is 19.0 Å². The summed E-state index contributed by atoms with van der Waals surface area (Å²) in [6.45, 7) is 4.30. The summed E-state index contributed by atoms with van der Waals surface area (Å²) in [7, 11) is 1.70. The first-order valence-corrected chi connectivity index (χ1v) is 5.12. The fourth-order valence-corrected chi connectivity index (χ4v) is 1.34. The molecule has 0 N–H and O–H groups in total. The second-order valence-electron chi connectivity index (χ2n) is 4.02. The van der Waals surface area contributed by atoms with Crippen LogP contribution in [0.5, 0.6) is 0 Å². The van der Waals surface area contributed by atoms with Gasteiger partial charge in [-0.05, 0) is 0 Å². The monoisotopic (exact) mass is 222 g/mol. The molecule has 16 heavy (non-hydrogen) atoms. The lowest BCUT2D eigenvalue weighted by molar-refractivity contribution is 0.363. The van der Waals surface area contributed by atoms with E-state index in [-0.39, 0.29) is 11.6 Å². The largest absolute Gasteiger partial charge is 0.337 e. The molecule has 0 radical (unpaired) electrons. The maximum Gasteiger partial charge on any atom is 0.328 e. The summed E-state index contributed by atoms with van der Waals surface area (Å²) >= 11 is 0. The van der Waals surface area contributed by atoms with E-state index in [0.717, 1.165) is 0 Å². The average Bonchev–Trinajstić information content (AvgIpc) is 2.81. The summed E-state index contributed by atoms with van der Waals surface area (Å²) in [5.74, 6) is 1.35. The first-order chi connectivity index (χ1) is 7.58. The zero-order chi connectivity index (χ0) is 11.7. The van der Waals surface area contributed by atoms with Crippen LogP contribution in [0.4, 0.5) is 0 Å². The quantitative estimate of drug-likeness (QED) is 0.768. The van der Waals surface area contributed by atoms with E-state index in [1.54, 1.807) is 19.4 Å². The van der Waals surface area contributed by atoms with Crippen LogP contribution in [-0.2, 0) is 13.6 Å². The molecule has 0 amide bonds. The summed E-state index contributed by atoms with van der Waals surface area (Å²) in [5, 5.41) is 3.84. The van der Waals surface area contributed by atoms with Crippen LogP contribution in [0, 0.1) is 0 Å². The minimum atomic E-state index is -0.0932. The van der Waals surface area contributed by atoms with Crippen molar-refractivity contribution in [2.75, 3.05) is 0 Å². The normalized spacial score (nSPS) is 11.2. The third kappa shape index (κ3) is 1.91. The highest BCUT2D eigenvalue weighted by Gasteiger charge is 2.11. The van der Waals surface area contributed by atoms with Crippen molar-refractivity contribution in [2.45, 2.75) is 26.3 Å². The summed E-state index contributed by atoms with van der Waals surface area (Å²) in [4.78, 5) is 15.8. The van der Waals surface area contributed by atoms with E-state index in [2.05, 4.69) is 10.1 Å². The first-order valence-electron chi connectivity index (χ1n) is 5.12. The summed E-state index contributed by atoms with van der Waals surface area (Å²) < 4.78 is 8.09. The van der Waals surface area contributed by atoms with Gasteiger partial charge in [0.2, 0.25) is 5.89 Å². The van der Waals surface area contributed by atoms with Gasteiger partial charge in [0.1, 0.15) is 6.54 Å². The molecular formula is C10H14N4O2. The number of hydrogen-bond donors (Lipinski definition) is 0. The Morgan fingerprint density at radius 2 is 2.19 bits per heavy atom. The van der Waals surface area contributed by atoms with Crippen molar-refractivity contribution in [1.29, 1.82) is 0 Å². The van der Waals surface area contributed by atoms with Gasteiger partial charge in [0.15, 0.2) is 5.82 Å². The van der Waals surface area contributed by atoms with Gasteiger partial charge in [0.05, 0.1) is 0 Å². The van der Waals surface area contributed by atoms with E-state index >= 15 is 0 Å². The van der Waals surface area contributed by atoms with Gasteiger partial charge in [0.25, 0.3) is 0 Å². The van der Waals surface area contributed by atoms with Gasteiger partial charge in [-0.2, -0.15) is 4.98 Å². The molecule has 2 rings (SSSR count). The van der Waals surface area contributed by atoms with Crippen molar-refractivity contribution in [3.05, 3.63) is 34.6 Å². The Morgan fingerprint density at radius 3 is 2.69 bits per heavy atom. The van der Waals surface area contributed by atoms with Crippen molar-refractivity contribution in [2.24, 2.45) is 7.05 Å². The van der Waals surface area contributed by atoms with Crippen molar-refractivity contribution in [1.82, 2.24) is 19.3 Å². The molecule has 0 bridgehead atoms. The number of hydrogen-bond acceptors (Lipinski definition) is 4. The Morgan fingerprint density at radius 1 is 1.44 bits per heavy atom. The average molecular weight is 222 g/mol. The molecule has 0 aliphatic rings. The van der Waals surface area contributed by atoms with Crippen LogP contribution in [0.2, 0.25) is 0 Å². The Kier molecular flexibility index (Phi) is 2.64. The van der Waals surface area contributed by atoms with Crippen LogP contribution in [0.25, 0.3) is 0 Å². The highest BCUT2D eigenvalue weighted by Crippen LogP contribution is 2.09. The molecule has 6 nitrogen and oxygen atoms in total. The molecule has 0 saturated heterocycles. The highest BCUT2D eigenvalue weighted by molar-refractivity contribution is 4.93. The summed E-state index contributed by atoms with van der Waals surface area (Å²) in [5.41, 5.74) is -0.0932. The van der Waals surface area contributed by atoms with Crippen molar-refractivity contribution in [3.63, 3.8) is 0 Å². The Hall–Kier alpha value is -1.85. The lowest BCUT2D eigenvalue weighted by atomic mass is 10.2. The number of nitrogens with zero attached hydrogens (tertiary/aromatic N) is 4. The van der Waals surface area contributed by atoms with E-state index in [9.17, 15) is 4.79 Å². The molecule has 2 aromatic rings. The molecule has 0 atom stereocenters. The smallest absolute Gasteiger partial charge is 0.328 e. The van der Waals surface area contributed by atoms with Crippen molar-refractivity contribution >= 4 is 0 Å². The predicted molar refractivity (Wildman–Crippen MR) is 57.2 cm³/mol. The predicted octanol–water partition coefficient (Wildman–Crippen LogP) is 0.742. The Bertz CT molecular complexity index is 535. The van der Waals surface area contributed by atoms with Crippen LogP contribution in [0.15, 0.2) is 21.7 Å². The maximum absolute atomic E-state index is 11.5. The molecule has 0 aliphatic carbocycles. The number of aryl methyl sites for hydroxylation is 1. The van der Waals surface area contributed by atoms with Crippen molar-refractivity contribution < 1.29 is 4.52 Å². The van der Waals surface area contributed by atoms with Gasteiger partial charge < -0.3 is 9.09 Å². The number of rotatable bonds is 3. The van der Waals surface area contributed by atoms with Gasteiger partial charge in [-0.25, -0.2) is 4.79 Å². The zero-order valence-electron chi connectivity index (χ0n) is 9.54. The third-order valence-corrected chi connectivity index (χ3v) is 2.32. The highest BCUT2D eigenvalue weighted by atomic mass is 16.5. The molecule has 2 aromatic heterocycles. The SMILES string of the molecule is CC(C)c1noc(Cn2ccn(C)c2=O)n1. The van der Waals surface area contributed by atoms with Crippen LogP contribution in [-0.4, -0.2) is 19.3 Å². The molecule has 86 valence electrons. The molecule has 2 heterocycles. The third-order valence-electron chi connectivity index (χ3n) is 2.32. The standard InChI is InChI=1S/C10H14N4O2/c1-7(2)9-11-8(16-12-9)6-14-5-4-13(3)10(14)15/h4-5,7H,6H2,1-3H3. The second kappa shape index (κ2) is 3.96. The van der Waals surface area contributed by atoms with Gasteiger partial charge in [0, 0.05) is 25.4 Å². The zero-order valence-corrected chi connectivity index (χ0v) is 9.54. The Balaban J connectivity index is 2.21. The van der Waals surface area contributed by atoms with E-state index in [0.29, 0.717) is 18.3 Å². The van der Waals surface area contributed by atoms with E-state index in [1.807, 2.05) is 13.8 Å². The number of imidazole rings is 1. The molecular weight excluding hydrogens is 208 g/mol. The summed E-state index contributed by atoms with van der Waals surface area (Å²) in [6.07, 6.45) is 3.39. The molecule has 0 aliphatic heterocycles.